The zero-order chi connectivity index (χ0) is 14.7. The van der Waals surface area contributed by atoms with Gasteiger partial charge in [0.1, 0.15) is 18.5 Å². The first kappa shape index (κ1) is 14.8. The Morgan fingerprint density at radius 2 is 2.38 bits per heavy atom. The second kappa shape index (κ2) is 6.73. The molecule has 1 aliphatic heterocycles. The molecular weight excluding hydrogens is 284 g/mol. The molecule has 3 rings (SSSR count). The van der Waals surface area contributed by atoms with Crippen molar-refractivity contribution < 1.29 is 9.84 Å². The molecule has 0 spiro atoms. The average Bonchev–Trinajstić information content (AvgIpc) is 3.15. The normalized spacial score (nSPS) is 20.2. The van der Waals surface area contributed by atoms with E-state index in [0.717, 1.165) is 16.7 Å². The number of aromatic nitrogens is 1. The van der Waals surface area contributed by atoms with Crippen LogP contribution < -0.4 is 4.74 Å². The fourth-order valence-corrected chi connectivity index (χ4v) is 4.07. The molecule has 2 atom stereocenters. The summed E-state index contributed by atoms with van der Waals surface area (Å²) >= 11 is 1.99. The van der Waals surface area contributed by atoms with E-state index in [9.17, 15) is 5.11 Å². The number of ether oxygens (including phenoxy) is 1. The summed E-state index contributed by atoms with van der Waals surface area (Å²) in [7, 11) is 2.09. The maximum Gasteiger partial charge on any atom is 0.128 e. The van der Waals surface area contributed by atoms with E-state index in [1.165, 1.54) is 17.9 Å². The monoisotopic (exact) mass is 306 g/mol. The Morgan fingerprint density at radius 1 is 1.48 bits per heavy atom. The molecule has 0 unspecified atom stereocenters. The number of thioether (sulfide) groups is 1. The molecule has 114 valence electrons. The largest absolute Gasteiger partial charge is 0.490 e. The third-order valence-corrected chi connectivity index (χ3v) is 5.16. The molecule has 2 heterocycles. The van der Waals surface area contributed by atoms with Crippen LogP contribution in [0.3, 0.4) is 0 Å². The molecule has 0 saturated carbocycles. The zero-order valence-electron chi connectivity index (χ0n) is 12.3. The summed E-state index contributed by atoms with van der Waals surface area (Å²) in [6.07, 6.45) is 2.66. The van der Waals surface area contributed by atoms with Gasteiger partial charge in [0, 0.05) is 35.4 Å². The molecule has 21 heavy (non-hydrogen) atoms. The van der Waals surface area contributed by atoms with Crippen LogP contribution in [0.1, 0.15) is 6.42 Å². The van der Waals surface area contributed by atoms with Crippen LogP contribution in [-0.4, -0.2) is 58.8 Å². The first-order valence-corrected chi connectivity index (χ1v) is 8.54. The van der Waals surface area contributed by atoms with E-state index in [2.05, 4.69) is 16.9 Å². The number of hydrogen-bond acceptors (Lipinski definition) is 4. The molecule has 5 heteroatoms. The summed E-state index contributed by atoms with van der Waals surface area (Å²) in [4.78, 5) is 5.42. The number of aliphatic hydroxyl groups excluding tert-OH is 1. The van der Waals surface area contributed by atoms with Crippen molar-refractivity contribution in [2.75, 3.05) is 31.7 Å². The lowest BCUT2D eigenvalue weighted by Crippen LogP contribution is -2.39. The Balaban J connectivity index is 1.53. The van der Waals surface area contributed by atoms with Crippen LogP contribution in [0.5, 0.6) is 5.75 Å². The number of likely N-dealkylation sites (N-methyl/N-ethyl adjacent to an activating group) is 1. The minimum absolute atomic E-state index is 0.328. The molecular formula is C16H22N2O2S. The minimum atomic E-state index is -0.463. The van der Waals surface area contributed by atoms with Crippen molar-refractivity contribution in [2.24, 2.45) is 0 Å². The quantitative estimate of drug-likeness (QED) is 0.860. The van der Waals surface area contributed by atoms with Crippen LogP contribution in [0.25, 0.3) is 10.9 Å². The van der Waals surface area contributed by atoms with Crippen LogP contribution in [0, 0.1) is 0 Å². The van der Waals surface area contributed by atoms with Gasteiger partial charge in [0.05, 0.1) is 0 Å². The van der Waals surface area contributed by atoms with Crippen molar-refractivity contribution in [3.8, 4) is 5.75 Å². The van der Waals surface area contributed by atoms with E-state index in [1.807, 2.05) is 42.2 Å². The maximum absolute atomic E-state index is 10.2. The SMILES string of the molecule is CN(C[C@H](O)COc1cccc2[nH]ccc12)[C@H]1CCSC1. The number of fused-ring (bicyclic) bond motifs is 1. The van der Waals surface area contributed by atoms with Crippen molar-refractivity contribution >= 4 is 22.7 Å². The van der Waals surface area contributed by atoms with Gasteiger partial charge in [-0.15, -0.1) is 0 Å². The highest BCUT2D eigenvalue weighted by Crippen LogP contribution is 2.25. The van der Waals surface area contributed by atoms with E-state index in [-0.39, 0.29) is 0 Å². The molecule has 2 N–H and O–H groups in total. The van der Waals surface area contributed by atoms with Gasteiger partial charge in [-0.3, -0.25) is 4.90 Å². The van der Waals surface area contributed by atoms with E-state index in [0.29, 0.717) is 19.2 Å². The van der Waals surface area contributed by atoms with Gasteiger partial charge in [0.25, 0.3) is 0 Å². The van der Waals surface area contributed by atoms with Crippen LogP contribution in [-0.2, 0) is 0 Å². The van der Waals surface area contributed by atoms with Gasteiger partial charge in [-0.2, -0.15) is 11.8 Å². The third-order valence-electron chi connectivity index (χ3n) is 4.01. The zero-order valence-corrected chi connectivity index (χ0v) is 13.1. The molecule has 0 amide bonds. The Labute approximate surface area is 129 Å². The van der Waals surface area contributed by atoms with E-state index < -0.39 is 6.10 Å². The molecule has 0 radical (unpaired) electrons. The van der Waals surface area contributed by atoms with Gasteiger partial charge >= 0.3 is 0 Å². The van der Waals surface area contributed by atoms with Crippen LogP contribution in [0.15, 0.2) is 30.5 Å². The number of H-pyrrole nitrogens is 1. The predicted octanol–water partition coefficient (Wildman–Crippen LogP) is 2.34. The summed E-state index contributed by atoms with van der Waals surface area (Å²) in [5, 5.41) is 11.2. The van der Waals surface area contributed by atoms with Crippen LogP contribution in [0.2, 0.25) is 0 Å². The summed E-state index contributed by atoms with van der Waals surface area (Å²) in [5.41, 5.74) is 1.06. The second-order valence-electron chi connectivity index (χ2n) is 5.62. The molecule has 0 bridgehead atoms. The number of aromatic amines is 1. The number of nitrogens with zero attached hydrogens (tertiary/aromatic N) is 1. The maximum atomic E-state index is 10.2. The number of aliphatic hydroxyl groups is 1. The lowest BCUT2D eigenvalue weighted by Gasteiger charge is -2.26. The highest BCUT2D eigenvalue weighted by Gasteiger charge is 2.22. The topological polar surface area (TPSA) is 48.5 Å². The smallest absolute Gasteiger partial charge is 0.128 e. The molecule has 0 aliphatic carbocycles. The average molecular weight is 306 g/mol. The minimum Gasteiger partial charge on any atom is -0.490 e. The van der Waals surface area contributed by atoms with Gasteiger partial charge in [-0.1, -0.05) is 6.07 Å². The van der Waals surface area contributed by atoms with Crippen molar-refractivity contribution in [3.63, 3.8) is 0 Å². The van der Waals surface area contributed by atoms with Gasteiger partial charge in [0.2, 0.25) is 0 Å². The van der Waals surface area contributed by atoms with Crippen LogP contribution in [0.4, 0.5) is 0 Å². The lowest BCUT2D eigenvalue weighted by molar-refractivity contribution is 0.0670. The fourth-order valence-electron chi connectivity index (χ4n) is 2.77. The molecule has 1 fully saturated rings. The number of nitrogens with one attached hydrogen (secondary N) is 1. The number of benzene rings is 1. The summed E-state index contributed by atoms with van der Waals surface area (Å²) in [5.74, 6) is 3.23. The third kappa shape index (κ3) is 3.54. The molecule has 1 aromatic heterocycles. The molecule has 2 aromatic rings. The summed E-state index contributed by atoms with van der Waals surface area (Å²) < 4.78 is 5.80. The highest BCUT2D eigenvalue weighted by atomic mass is 32.2. The van der Waals surface area contributed by atoms with Crippen molar-refractivity contribution in [1.82, 2.24) is 9.88 Å². The van der Waals surface area contributed by atoms with Gasteiger partial charge < -0.3 is 14.8 Å². The van der Waals surface area contributed by atoms with Gasteiger partial charge in [0.15, 0.2) is 0 Å². The molecule has 1 aliphatic rings. The number of rotatable bonds is 6. The first-order chi connectivity index (χ1) is 10.2. The Morgan fingerprint density at radius 3 is 3.19 bits per heavy atom. The Hall–Kier alpha value is -1.17. The lowest BCUT2D eigenvalue weighted by atomic mass is 10.2. The molecule has 4 nitrogen and oxygen atoms in total. The van der Waals surface area contributed by atoms with Crippen LogP contribution >= 0.6 is 11.8 Å². The molecule has 1 saturated heterocycles. The second-order valence-corrected chi connectivity index (χ2v) is 6.77. The Kier molecular flexibility index (Phi) is 4.73. The van der Waals surface area contributed by atoms with Gasteiger partial charge in [-0.05, 0) is 37.4 Å². The van der Waals surface area contributed by atoms with E-state index >= 15 is 0 Å². The standard InChI is InChI=1S/C16H22N2O2S/c1-18(12-6-8-21-11-12)9-13(19)10-20-16-4-2-3-15-14(16)5-7-17-15/h2-5,7,12-13,17,19H,6,8-11H2,1H3/t12-,13-/m0/s1. The van der Waals surface area contributed by atoms with Crippen molar-refractivity contribution in [3.05, 3.63) is 30.5 Å². The predicted molar refractivity (Wildman–Crippen MR) is 88.2 cm³/mol. The Bertz CT molecular complexity index is 580. The van der Waals surface area contributed by atoms with E-state index in [4.69, 9.17) is 4.74 Å². The van der Waals surface area contributed by atoms with E-state index in [1.54, 1.807) is 0 Å². The molecule has 1 aromatic carbocycles. The first-order valence-electron chi connectivity index (χ1n) is 7.39. The van der Waals surface area contributed by atoms with Crippen molar-refractivity contribution in [1.29, 1.82) is 0 Å². The number of hydrogen-bond donors (Lipinski definition) is 2. The summed E-state index contributed by atoms with van der Waals surface area (Å²) in [6, 6.07) is 8.52. The summed E-state index contributed by atoms with van der Waals surface area (Å²) in [6.45, 7) is 0.989. The fraction of sp³-hybridized carbons (Fsp3) is 0.500. The van der Waals surface area contributed by atoms with Crippen molar-refractivity contribution in [2.45, 2.75) is 18.6 Å². The van der Waals surface area contributed by atoms with Gasteiger partial charge in [-0.25, -0.2) is 0 Å². The highest BCUT2D eigenvalue weighted by molar-refractivity contribution is 7.99.